The topological polar surface area (TPSA) is 61.8 Å². The van der Waals surface area contributed by atoms with Crippen molar-refractivity contribution in [2.75, 3.05) is 13.2 Å². The van der Waals surface area contributed by atoms with Crippen LogP contribution in [0.4, 0.5) is 0 Å². The molecule has 6 heteroatoms. The second-order valence-electron chi connectivity index (χ2n) is 3.39. The maximum absolute atomic E-state index is 11.6. The highest BCUT2D eigenvalue weighted by atomic mass is 79.9. The molecule has 0 aromatic heterocycles. The Morgan fingerprint density at radius 1 is 1.25 bits per heavy atom. The van der Waals surface area contributed by atoms with Gasteiger partial charge in [0.15, 0.2) is 5.92 Å². The van der Waals surface area contributed by atoms with Crippen molar-refractivity contribution in [2.45, 2.75) is 33.3 Å². The summed E-state index contributed by atoms with van der Waals surface area (Å²) in [5.41, 5.74) is 0. The first kappa shape index (κ1) is 15.4. The van der Waals surface area contributed by atoms with Crippen LogP contribution in [0.3, 0.4) is 0 Å². The molecule has 0 bridgehead atoms. The Morgan fingerprint density at radius 3 is 2.31 bits per heavy atom. The molecule has 0 saturated heterocycles. The largest absolute Gasteiger partial charge is 0.465 e. The van der Waals surface area contributed by atoms with Crippen LogP contribution in [0.2, 0.25) is 0 Å². The molecule has 0 radical (unpaired) electrons. The molecule has 0 saturated carbocycles. The predicted molar refractivity (Wildman–Crippen MR) is 60.8 cm³/mol. The maximum atomic E-state index is 11.6. The van der Waals surface area contributed by atoms with E-state index < -0.39 is 17.9 Å². The zero-order chi connectivity index (χ0) is 12.6. The molecule has 0 aliphatic heterocycles. The number of hydrogen-bond donors (Lipinski definition) is 0. The van der Waals surface area contributed by atoms with Crippen LogP contribution in [0.5, 0.6) is 0 Å². The Labute approximate surface area is 104 Å². The van der Waals surface area contributed by atoms with E-state index in [2.05, 4.69) is 20.1 Å². The lowest BCUT2D eigenvalue weighted by Crippen LogP contribution is -2.30. The Bertz CT molecular complexity index is 229. The van der Waals surface area contributed by atoms with Gasteiger partial charge in [-0.3, -0.25) is 9.59 Å². The molecule has 0 N–H and O–H groups in total. The molecule has 1 atom stereocenters. The van der Waals surface area contributed by atoms with Crippen molar-refractivity contribution < 1.29 is 22.9 Å². The van der Waals surface area contributed by atoms with Crippen LogP contribution in [-0.2, 0) is 22.9 Å². The quantitative estimate of drug-likeness (QED) is 0.530. The number of esters is 2. The third-order valence-electron chi connectivity index (χ3n) is 1.69. The van der Waals surface area contributed by atoms with E-state index in [9.17, 15) is 9.59 Å². The Hall–Kier alpha value is -0.620. The summed E-state index contributed by atoms with van der Waals surface area (Å²) in [6.07, 6.45) is -0.0235. The first-order valence-corrected chi connectivity index (χ1v) is 5.78. The Kier molecular flexibility index (Phi) is 8.19. The minimum atomic E-state index is -0.917. The third-order valence-corrected chi connectivity index (χ3v) is 2.01. The van der Waals surface area contributed by atoms with Crippen molar-refractivity contribution >= 4 is 28.2 Å². The highest BCUT2D eigenvalue weighted by molar-refractivity contribution is 9.06. The summed E-state index contributed by atoms with van der Waals surface area (Å²) in [7, 11) is 0. The van der Waals surface area contributed by atoms with Gasteiger partial charge in [0.2, 0.25) is 0 Å². The van der Waals surface area contributed by atoms with Gasteiger partial charge in [0.25, 0.3) is 0 Å². The molecule has 0 aliphatic rings. The lowest BCUT2D eigenvalue weighted by Gasteiger charge is -2.15. The fourth-order valence-electron chi connectivity index (χ4n) is 1.05. The third kappa shape index (κ3) is 6.07. The molecule has 0 amide bonds. The fourth-order valence-corrected chi connectivity index (χ4v) is 1.24. The normalized spacial score (nSPS) is 12.3. The minimum absolute atomic E-state index is 0.232. The average molecular weight is 297 g/mol. The molecule has 0 spiro atoms. The van der Waals surface area contributed by atoms with Crippen molar-refractivity contribution in [3.8, 4) is 0 Å². The van der Waals surface area contributed by atoms with Gasteiger partial charge >= 0.3 is 11.9 Å². The number of carbonyl (C=O) groups excluding carboxylic acids is 2. The number of rotatable bonds is 7. The fraction of sp³-hybridized carbons (Fsp3) is 0.800. The summed E-state index contributed by atoms with van der Waals surface area (Å²) in [6, 6.07) is 0. The second kappa shape index (κ2) is 8.52. The van der Waals surface area contributed by atoms with Crippen LogP contribution in [-0.4, -0.2) is 31.3 Å². The SMILES string of the molecule is CCOC(=O)C(CCOBr)C(=O)OC(C)C. The zero-order valence-electron chi connectivity index (χ0n) is 9.70. The molecule has 1 unspecified atom stereocenters. The number of carbonyl (C=O) groups is 2. The number of hydrogen-bond acceptors (Lipinski definition) is 5. The van der Waals surface area contributed by atoms with E-state index >= 15 is 0 Å². The van der Waals surface area contributed by atoms with Crippen molar-refractivity contribution in [3.63, 3.8) is 0 Å². The standard InChI is InChI=1S/C10H17BrO5/c1-4-14-9(12)8(5-6-15-11)10(13)16-7(2)3/h7-8H,4-6H2,1-3H3. The first-order chi connectivity index (χ1) is 7.52. The zero-order valence-corrected chi connectivity index (χ0v) is 11.3. The lowest BCUT2D eigenvalue weighted by atomic mass is 10.1. The smallest absolute Gasteiger partial charge is 0.320 e. The van der Waals surface area contributed by atoms with Gasteiger partial charge < -0.3 is 13.3 Å². The summed E-state index contributed by atoms with van der Waals surface area (Å²) in [5.74, 6) is -2.06. The molecule has 0 heterocycles. The summed E-state index contributed by atoms with van der Waals surface area (Å²) in [4.78, 5) is 23.1. The van der Waals surface area contributed by atoms with Gasteiger partial charge in [0, 0.05) is 0 Å². The number of halogens is 1. The van der Waals surface area contributed by atoms with E-state index in [1.807, 2.05) is 0 Å². The van der Waals surface area contributed by atoms with Crippen LogP contribution in [0.15, 0.2) is 0 Å². The second-order valence-corrected chi connectivity index (χ2v) is 3.85. The van der Waals surface area contributed by atoms with Crippen LogP contribution >= 0.6 is 16.3 Å². The van der Waals surface area contributed by atoms with Gasteiger partial charge in [0.1, 0.15) is 0 Å². The van der Waals surface area contributed by atoms with Crippen LogP contribution in [0.1, 0.15) is 27.2 Å². The number of ether oxygens (including phenoxy) is 2. The molecular formula is C10H17BrO5. The first-order valence-electron chi connectivity index (χ1n) is 5.13. The summed E-state index contributed by atoms with van der Waals surface area (Å²) in [5, 5.41) is 0. The summed E-state index contributed by atoms with van der Waals surface area (Å²) >= 11 is 2.76. The molecule has 0 rings (SSSR count). The van der Waals surface area contributed by atoms with Crippen LogP contribution < -0.4 is 0 Å². The molecule has 0 fully saturated rings. The van der Waals surface area contributed by atoms with Crippen molar-refractivity contribution in [3.05, 3.63) is 0 Å². The monoisotopic (exact) mass is 296 g/mol. The summed E-state index contributed by atoms with van der Waals surface area (Å²) < 4.78 is 14.4. The van der Waals surface area contributed by atoms with Crippen molar-refractivity contribution in [1.29, 1.82) is 0 Å². The molecular weight excluding hydrogens is 280 g/mol. The molecule has 0 aromatic rings. The molecule has 0 aliphatic carbocycles. The van der Waals surface area contributed by atoms with Gasteiger partial charge in [-0.1, -0.05) is 0 Å². The molecule has 5 nitrogen and oxygen atoms in total. The highest BCUT2D eigenvalue weighted by Gasteiger charge is 2.29. The average Bonchev–Trinajstić information content (AvgIpc) is 2.17. The van der Waals surface area contributed by atoms with Gasteiger partial charge in [-0.15, -0.1) is 0 Å². The van der Waals surface area contributed by atoms with Gasteiger partial charge in [-0.2, -0.15) is 0 Å². The summed E-state index contributed by atoms with van der Waals surface area (Å²) in [6.45, 7) is 5.60. The van der Waals surface area contributed by atoms with Gasteiger partial charge in [-0.05, 0) is 27.2 Å². The van der Waals surface area contributed by atoms with E-state index in [0.717, 1.165) is 0 Å². The van der Waals surface area contributed by atoms with E-state index in [4.69, 9.17) is 9.47 Å². The Balaban J connectivity index is 4.39. The maximum Gasteiger partial charge on any atom is 0.320 e. The van der Waals surface area contributed by atoms with Crippen LogP contribution in [0, 0.1) is 5.92 Å². The van der Waals surface area contributed by atoms with Crippen molar-refractivity contribution in [2.24, 2.45) is 5.92 Å². The lowest BCUT2D eigenvalue weighted by molar-refractivity contribution is -0.164. The van der Waals surface area contributed by atoms with E-state index in [-0.39, 0.29) is 25.7 Å². The molecule has 94 valence electrons. The van der Waals surface area contributed by atoms with E-state index in [1.54, 1.807) is 20.8 Å². The molecule has 16 heavy (non-hydrogen) atoms. The van der Waals surface area contributed by atoms with Crippen LogP contribution in [0.25, 0.3) is 0 Å². The van der Waals surface area contributed by atoms with Gasteiger partial charge in [0.05, 0.1) is 35.6 Å². The Morgan fingerprint density at radius 2 is 1.88 bits per heavy atom. The molecule has 0 aromatic carbocycles. The minimum Gasteiger partial charge on any atom is -0.465 e. The predicted octanol–water partition coefficient (Wildman–Crippen LogP) is 1.83. The highest BCUT2D eigenvalue weighted by Crippen LogP contribution is 2.11. The van der Waals surface area contributed by atoms with Crippen molar-refractivity contribution in [1.82, 2.24) is 0 Å². The van der Waals surface area contributed by atoms with Gasteiger partial charge in [-0.25, -0.2) is 0 Å². The van der Waals surface area contributed by atoms with E-state index in [1.165, 1.54) is 0 Å². The van der Waals surface area contributed by atoms with E-state index in [0.29, 0.717) is 0 Å².